The van der Waals surface area contributed by atoms with Crippen LogP contribution in [0, 0.1) is 0 Å². The monoisotopic (exact) mass is 409 g/mol. The Labute approximate surface area is 183 Å². The highest BCUT2D eigenvalue weighted by atomic mass is 16.1. The lowest BCUT2D eigenvalue weighted by Gasteiger charge is -2.15. The highest BCUT2D eigenvalue weighted by molar-refractivity contribution is 5.92. The van der Waals surface area contributed by atoms with Crippen LogP contribution >= 0.6 is 0 Å². The zero-order valence-electron chi connectivity index (χ0n) is 17.7. The van der Waals surface area contributed by atoms with Crippen molar-refractivity contribution < 1.29 is 4.79 Å². The largest absolute Gasteiger partial charge is 0.343 e. The van der Waals surface area contributed by atoms with Crippen molar-refractivity contribution >= 4 is 23.0 Å². The number of nitrogens with one attached hydrogen (secondary N) is 1. The van der Waals surface area contributed by atoms with Crippen LogP contribution in [0.2, 0.25) is 0 Å². The van der Waals surface area contributed by atoms with Gasteiger partial charge in [0.15, 0.2) is 0 Å². The third-order valence-electron chi connectivity index (χ3n) is 5.35. The molecule has 4 heteroatoms. The number of fused-ring (bicyclic) bond motifs is 1. The van der Waals surface area contributed by atoms with Gasteiger partial charge in [0.25, 0.3) is 0 Å². The van der Waals surface area contributed by atoms with E-state index in [1.807, 2.05) is 67.6 Å². The number of benzene rings is 3. The third kappa shape index (κ3) is 5.28. The van der Waals surface area contributed by atoms with Crippen LogP contribution in [-0.2, 0) is 17.8 Å². The van der Waals surface area contributed by atoms with Gasteiger partial charge in [-0.1, -0.05) is 72.8 Å². The van der Waals surface area contributed by atoms with Crippen molar-refractivity contribution in [2.24, 2.45) is 0 Å². The molecule has 156 valence electrons. The summed E-state index contributed by atoms with van der Waals surface area (Å²) in [6.07, 6.45) is 5.42. The molecule has 4 aromatic rings. The van der Waals surface area contributed by atoms with E-state index < -0.39 is 0 Å². The molecule has 4 nitrogen and oxygen atoms in total. The summed E-state index contributed by atoms with van der Waals surface area (Å²) in [6, 6.07) is 28.3. The summed E-state index contributed by atoms with van der Waals surface area (Å²) >= 11 is 0. The van der Waals surface area contributed by atoms with Crippen LogP contribution in [0.3, 0.4) is 0 Å². The average molecular weight is 410 g/mol. The first kappa shape index (κ1) is 20.6. The first-order valence-electron chi connectivity index (χ1n) is 10.7. The summed E-state index contributed by atoms with van der Waals surface area (Å²) in [7, 11) is 0. The number of carbonyl (C=O) groups is 1. The van der Waals surface area contributed by atoms with Crippen molar-refractivity contribution in [2.45, 2.75) is 32.4 Å². The molecular weight excluding hydrogens is 382 g/mol. The maximum absolute atomic E-state index is 12.5. The van der Waals surface area contributed by atoms with Crippen LogP contribution in [0.25, 0.3) is 17.1 Å². The molecule has 1 aromatic heterocycles. The van der Waals surface area contributed by atoms with Gasteiger partial charge < -0.3 is 9.88 Å². The fourth-order valence-electron chi connectivity index (χ4n) is 3.81. The molecule has 1 unspecified atom stereocenters. The van der Waals surface area contributed by atoms with Gasteiger partial charge in [0.1, 0.15) is 5.82 Å². The quantitative estimate of drug-likeness (QED) is 0.387. The Kier molecular flexibility index (Phi) is 6.58. The Hall–Kier alpha value is -3.66. The molecule has 0 spiro atoms. The fraction of sp³-hybridized carbons (Fsp3) is 0.185. The van der Waals surface area contributed by atoms with Gasteiger partial charge >= 0.3 is 0 Å². The second-order valence-electron chi connectivity index (χ2n) is 7.67. The number of rotatable bonds is 8. The molecule has 1 N–H and O–H groups in total. The number of aryl methyl sites for hydroxylation is 2. The lowest BCUT2D eigenvalue weighted by Crippen LogP contribution is -2.27. The predicted molar refractivity (Wildman–Crippen MR) is 127 cm³/mol. The molecule has 0 fully saturated rings. The van der Waals surface area contributed by atoms with Crippen molar-refractivity contribution in [3.8, 4) is 0 Å². The minimum atomic E-state index is -0.197. The molecular formula is C27H27N3O. The van der Waals surface area contributed by atoms with E-state index >= 15 is 0 Å². The Balaban J connectivity index is 1.48. The predicted octanol–water partition coefficient (Wildman–Crippen LogP) is 5.56. The maximum atomic E-state index is 12.5. The summed E-state index contributed by atoms with van der Waals surface area (Å²) in [5.74, 6) is 0.759. The van der Waals surface area contributed by atoms with Crippen LogP contribution in [0.4, 0.5) is 0 Å². The highest BCUT2D eigenvalue weighted by Crippen LogP contribution is 2.22. The van der Waals surface area contributed by atoms with Gasteiger partial charge in [-0.2, -0.15) is 0 Å². The van der Waals surface area contributed by atoms with Crippen molar-refractivity contribution in [1.29, 1.82) is 0 Å². The van der Waals surface area contributed by atoms with Crippen LogP contribution in [0.5, 0.6) is 0 Å². The van der Waals surface area contributed by atoms with E-state index in [2.05, 4.69) is 40.2 Å². The van der Waals surface area contributed by atoms with Gasteiger partial charge in [-0.05, 0) is 49.1 Å². The molecule has 0 aliphatic heterocycles. The molecule has 0 aliphatic carbocycles. The highest BCUT2D eigenvalue weighted by Gasteiger charge is 2.17. The van der Waals surface area contributed by atoms with Crippen LogP contribution < -0.4 is 5.32 Å². The number of hydrogen-bond acceptors (Lipinski definition) is 2. The lowest BCUT2D eigenvalue weighted by molar-refractivity contribution is -0.117. The summed E-state index contributed by atoms with van der Waals surface area (Å²) in [6.45, 7) is 2.84. The molecule has 0 radical (unpaired) electrons. The minimum Gasteiger partial charge on any atom is -0.343 e. The van der Waals surface area contributed by atoms with Crippen molar-refractivity contribution in [2.75, 3.05) is 0 Å². The zero-order chi connectivity index (χ0) is 21.5. The summed E-state index contributed by atoms with van der Waals surface area (Å²) < 4.78 is 2.24. The fourth-order valence-corrected chi connectivity index (χ4v) is 3.81. The summed E-state index contributed by atoms with van der Waals surface area (Å²) in [4.78, 5) is 17.3. The van der Waals surface area contributed by atoms with Crippen LogP contribution in [0.1, 0.15) is 36.3 Å². The average Bonchev–Trinajstić information content (AvgIpc) is 3.18. The van der Waals surface area contributed by atoms with Gasteiger partial charge in [-0.3, -0.25) is 4.79 Å². The maximum Gasteiger partial charge on any atom is 0.244 e. The van der Waals surface area contributed by atoms with Gasteiger partial charge in [-0.15, -0.1) is 0 Å². The number of nitrogens with zero attached hydrogens (tertiary/aromatic N) is 2. The Morgan fingerprint density at radius 3 is 2.42 bits per heavy atom. The first-order valence-corrected chi connectivity index (χ1v) is 10.7. The standard InChI is InChI=1S/C27H27N3O/c1-21(28-26(31)19-18-23-13-6-3-7-14-23)27-29-24-16-8-9-17-25(24)30(27)20-10-15-22-11-4-2-5-12-22/h2-9,11-14,16-19,21H,10,15,20H2,1H3,(H,28,31)/b19-18-. The van der Waals surface area contributed by atoms with E-state index in [1.165, 1.54) is 5.56 Å². The second-order valence-corrected chi connectivity index (χ2v) is 7.67. The number of amides is 1. The number of para-hydroxylation sites is 2. The van der Waals surface area contributed by atoms with Crippen molar-refractivity contribution in [3.05, 3.63) is 108 Å². The molecule has 1 amide bonds. The molecule has 0 saturated carbocycles. The minimum absolute atomic E-state index is 0.126. The van der Waals surface area contributed by atoms with E-state index in [-0.39, 0.29) is 11.9 Å². The van der Waals surface area contributed by atoms with E-state index in [4.69, 9.17) is 4.98 Å². The summed E-state index contributed by atoms with van der Waals surface area (Å²) in [5.41, 5.74) is 4.39. The Morgan fingerprint density at radius 2 is 1.65 bits per heavy atom. The molecule has 1 heterocycles. The van der Waals surface area contributed by atoms with Gasteiger partial charge in [0.2, 0.25) is 5.91 Å². The smallest absolute Gasteiger partial charge is 0.244 e. The van der Waals surface area contributed by atoms with Gasteiger partial charge in [-0.25, -0.2) is 4.98 Å². The summed E-state index contributed by atoms with van der Waals surface area (Å²) in [5, 5.41) is 3.07. The first-order chi connectivity index (χ1) is 15.2. The zero-order valence-corrected chi connectivity index (χ0v) is 17.7. The molecule has 0 aliphatic rings. The molecule has 1 atom stereocenters. The molecule has 31 heavy (non-hydrogen) atoms. The molecule has 3 aromatic carbocycles. The van der Waals surface area contributed by atoms with Crippen molar-refractivity contribution in [3.63, 3.8) is 0 Å². The second kappa shape index (κ2) is 9.90. The number of carbonyl (C=O) groups excluding carboxylic acids is 1. The normalized spacial score (nSPS) is 12.3. The van der Waals surface area contributed by atoms with E-state index in [0.29, 0.717) is 0 Å². The van der Waals surface area contributed by atoms with E-state index in [0.717, 1.165) is 41.8 Å². The van der Waals surface area contributed by atoms with E-state index in [1.54, 1.807) is 6.08 Å². The van der Waals surface area contributed by atoms with E-state index in [9.17, 15) is 4.79 Å². The number of imidazole rings is 1. The van der Waals surface area contributed by atoms with Crippen LogP contribution in [-0.4, -0.2) is 15.5 Å². The number of aromatic nitrogens is 2. The Morgan fingerprint density at radius 1 is 0.968 bits per heavy atom. The lowest BCUT2D eigenvalue weighted by atomic mass is 10.1. The molecule has 0 bridgehead atoms. The third-order valence-corrected chi connectivity index (χ3v) is 5.35. The Bertz CT molecular complexity index is 1160. The van der Waals surface area contributed by atoms with Gasteiger partial charge in [0, 0.05) is 12.6 Å². The van der Waals surface area contributed by atoms with Gasteiger partial charge in [0.05, 0.1) is 17.1 Å². The molecule has 0 saturated heterocycles. The van der Waals surface area contributed by atoms with Crippen molar-refractivity contribution in [1.82, 2.24) is 14.9 Å². The van der Waals surface area contributed by atoms with Crippen LogP contribution in [0.15, 0.2) is 91.0 Å². The molecule has 4 rings (SSSR count). The SMILES string of the molecule is CC(NC(=O)/C=C\c1ccccc1)c1nc2ccccc2n1CCCc1ccccc1. The number of hydrogen-bond donors (Lipinski definition) is 1. The topological polar surface area (TPSA) is 46.9 Å².